The van der Waals surface area contributed by atoms with Gasteiger partial charge in [0.2, 0.25) is 5.89 Å². The molecule has 0 atom stereocenters. The number of oxazole rings is 1. The first-order valence-corrected chi connectivity index (χ1v) is 6.09. The minimum absolute atomic E-state index is 0.0785. The minimum atomic E-state index is -4.45. The van der Waals surface area contributed by atoms with E-state index in [0.29, 0.717) is 10.3 Å². The predicted octanol–water partition coefficient (Wildman–Crippen LogP) is 3.80. The lowest BCUT2D eigenvalue weighted by Gasteiger charge is -2.04. The van der Waals surface area contributed by atoms with E-state index in [2.05, 4.69) is 4.98 Å². The van der Waals surface area contributed by atoms with Gasteiger partial charge < -0.3 is 9.62 Å². The second-order valence-corrected chi connectivity index (χ2v) is 4.65. The first-order chi connectivity index (χ1) is 9.84. The van der Waals surface area contributed by atoms with Crippen molar-refractivity contribution in [1.29, 1.82) is 0 Å². The largest absolute Gasteiger partial charge is 0.618 e. The van der Waals surface area contributed by atoms with Crippen molar-refractivity contribution in [2.45, 2.75) is 6.18 Å². The van der Waals surface area contributed by atoms with Crippen LogP contribution in [0.2, 0.25) is 5.15 Å². The van der Waals surface area contributed by atoms with Crippen LogP contribution in [0.4, 0.5) is 13.2 Å². The Morgan fingerprint density at radius 3 is 2.62 bits per heavy atom. The molecule has 0 saturated carbocycles. The van der Waals surface area contributed by atoms with Gasteiger partial charge in [-0.1, -0.05) is 0 Å². The highest BCUT2D eigenvalue weighted by atomic mass is 35.5. The zero-order valence-corrected chi connectivity index (χ0v) is 10.9. The molecule has 0 saturated heterocycles. The van der Waals surface area contributed by atoms with Crippen LogP contribution in [0, 0.1) is 5.21 Å². The molecular formula is C13H6ClF3N2O2. The maximum atomic E-state index is 12.6. The Hall–Kier alpha value is -2.28. The van der Waals surface area contributed by atoms with Crippen LogP contribution in [0.15, 0.2) is 40.9 Å². The summed E-state index contributed by atoms with van der Waals surface area (Å²) in [5.74, 6) is 0.0897. The minimum Gasteiger partial charge on any atom is -0.618 e. The Bertz CT molecular complexity index is 830. The van der Waals surface area contributed by atoms with Gasteiger partial charge in [-0.2, -0.15) is 17.9 Å². The van der Waals surface area contributed by atoms with Crippen molar-refractivity contribution in [3.8, 4) is 11.5 Å². The van der Waals surface area contributed by atoms with Gasteiger partial charge in [0.05, 0.1) is 11.1 Å². The number of fused-ring (bicyclic) bond motifs is 1. The van der Waals surface area contributed by atoms with Crippen molar-refractivity contribution in [1.82, 2.24) is 4.98 Å². The summed E-state index contributed by atoms with van der Waals surface area (Å²) in [6.45, 7) is 0. The standard InChI is InChI=1S/C13H6ClF3N2O2/c14-11-5-7(3-4-19(11)20)12-18-9-6-8(13(15,16)17)1-2-10(9)21-12/h1-6H. The van der Waals surface area contributed by atoms with Crippen molar-refractivity contribution >= 4 is 22.7 Å². The van der Waals surface area contributed by atoms with Gasteiger partial charge >= 0.3 is 6.18 Å². The molecule has 0 radical (unpaired) electrons. The highest BCUT2D eigenvalue weighted by Gasteiger charge is 2.31. The number of hydrogen-bond donors (Lipinski definition) is 0. The molecule has 1 aromatic carbocycles. The van der Waals surface area contributed by atoms with E-state index in [-0.39, 0.29) is 22.1 Å². The summed E-state index contributed by atoms with van der Waals surface area (Å²) in [5, 5.41) is 11.0. The molecule has 4 nitrogen and oxygen atoms in total. The van der Waals surface area contributed by atoms with Gasteiger partial charge in [-0.05, 0) is 29.8 Å². The van der Waals surface area contributed by atoms with Gasteiger partial charge in [0.1, 0.15) is 5.52 Å². The van der Waals surface area contributed by atoms with E-state index in [1.54, 1.807) is 0 Å². The van der Waals surface area contributed by atoms with E-state index < -0.39 is 11.7 Å². The molecule has 2 aromatic heterocycles. The maximum Gasteiger partial charge on any atom is 0.416 e. The van der Waals surface area contributed by atoms with Gasteiger partial charge in [0.25, 0.3) is 5.15 Å². The van der Waals surface area contributed by atoms with Crippen molar-refractivity contribution < 1.29 is 22.3 Å². The highest BCUT2D eigenvalue weighted by Crippen LogP contribution is 2.32. The number of rotatable bonds is 1. The quantitative estimate of drug-likeness (QED) is 0.390. The number of benzene rings is 1. The zero-order valence-electron chi connectivity index (χ0n) is 10.2. The predicted molar refractivity (Wildman–Crippen MR) is 68.4 cm³/mol. The smallest absolute Gasteiger partial charge is 0.416 e. The number of halogens is 4. The Morgan fingerprint density at radius 1 is 1.19 bits per heavy atom. The lowest BCUT2D eigenvalue weighted by molar-refractivity contribution is -0.602. The first kappa shape index (κ1) is 13.7. The monoisotopic (exact) mass is 314 g/mol. The molecule has 0 fully saturated rings. The van der Waals surface area contributed by atoms with Crippen LogP contribution in [-0.2, 0) is 6.18 Å². The van der Waals surface area contributed by atoms with Gasteiger partial charge in [-0.3, -0.25) is 0 Å². The summed E-state index contributed by atoms with van der Waals surface area (Å²) >= 11 is 5.68. The molecule has 2 heterocycles. The molecule has 0 N–H and O–H groups in total. The summed E-state index contributed by atoms with van der Waals surface area (Å²) in [6.07, 6.45) is -3.29. The lowest BCUT2D eigenvalue weighted by atomic mass is 10.2. The van der Waals surface area contributed by atoms with Gasteiger partial charge in [-0.15, -0.1) is 0 Å². The molecule has 3 rings (SSSR count). The average Bonchev–Trinajstić information content (AvgIpc) is 2.83. The van der Waals surface area contributed by atoms with Crippen molar-refractivity contribution in [2.75, 3.05) is 0 Å². The van der Waals surface area contributed by atoms with Crippen LogP contribution in [0.25, 0.3) is 22.6 Å². The summed E-state index contributed by atoms with van der Waals surface area (Å²) in [4.78, 5) is 3.99. The van der Waals surface area contributed by atoms with E-state index in [1.165, 1.54) is 18.2 Å². The Labute approximate surface area is 121 Å². The molecule has 0 bridgehead atoms. The molecule has 0 spiro atoms. The fourth-order valence-electron chi connectivity index (χ4n) is 1.82. The third-order valence-corrected chi connectivity index (χ3v) is 3.11. The number of nitrogens with zero attached hydrogens (tertiary/aromatic N) is 2. The molecule has 3 aromatic rings. The average molecular weight is 315 g/mol. The first-order valence-electron chi connectivity index (χ1n) is 5.71. The lowest BCUT2D eigenvalue weighted by Crippen LogP contribution is -2.26. The zero-order chi connectivity index (χ0) is 15.2. The molecular weight excluding hydrogens is 309 g/mol. The Balaban J connectivity index is 2.10. The topological polar surface area (TPSA) is 53.0 Å². The Kier molecular flexibility index (Phi) is 3.02. The second kappa shape index (κ2) is 4.63. The normalized spacial score (nSPS) is 12.0. The van der Waals surface area contributed by atoms with Crippen molar-refractivity contribution in [3.05, 3.63) is 52.5 Å². The van der Waals surface area contributed by atoms with Crippen LogP contribution < -0.4 is 4.73 Å². The second-order valence-electron chi connectivity index (χ2n) is 4.26. The van der Waals surface area contributed by atoms with E-state index in [1.807, 2.05) is 0 Å². The molecule has 8 heteroatoms. The molecule has 0 unspecified atom stereocenters. The summed E-state index contributed by atoms with van der Waals surface area (Å²) in [7, 11) is 0. The number of aromatic nitrogens is 2. The maximum absolute atomic E-state index is 12.6. The van der Waals surface area contributed by atoms with Gasteiger partial charge in [0, 0.05) is 12.1 Å². The van der Waals surface area contributed by atoms with Gasteiger partial charge in [0.15, 0.2) is 11.8 Å². The van der Waals surface area contributed by atoms with Crippen LogP contribution in [-0.4, -0.2) is 4.98 Å². The van der Waals surface area contributed by atoms with Crippen LogP contribution >= 0.6 is 11.6 Å². The third-order valence-electron chi connectivity index (χ3n) is 2.84. The van der Waals surface area contributed by atoms with E-state index in [0.717, 1.165) is 18.3 Å². The SMILES string of the molecule is [O-][n+]1ccc(-c2nc3cc(C(F)(F)F)ccc3o2)cc1Cl. The third kappa shape index (κ3) is 2.52. The summed E-state index contributed by atoms with van der Waals surface area (Å²) < 4.78 is 43.7. The van der Waals surface area contributed by atoms with Crippen molar-refractivity contribution in [2.24, 2.45) is 0 Å². The number of hydrogen-bond acceptors (Lipinski definition) is 3. The molecule has 0 aliphatic heterocycles. The van der Waals surface area contributed by atoms with E-state index in [9.17, 15) is 18.4 Å². The molecule has 21 heavy (non-hydrogen) atoms. The van der Waals surface area contributed by atoms with Crippen molar-refractivity contribution in [3.63, 3.8) is 0 Å². The van der Waals surface area contributed by atoms with Crippen LogP contribution in [0.3, 0.4) is 0 Å². The Morgan fingerprint density at radius 2 is 1.95 bits per heavy atom. The number of alkyl halides is 3. The summed E-state index contributed by atoms with van der Waals surface area (Å²) in [6, 6.07) is 5.76. The van der Waals surface area contributed by atoms with E-state index in [4.69, 9.17) is 16.0 Å². The van der Waals surface area contributed by atoms with Crippen LogP contribution in [0.5, 0.6) is 0 Å². The fraction of sp³-hybridized carbons (Fsp3) is 0.0769. The molecule has 108 valence electrons. The molecule has 0 aliphatic rings. The van der Waals surface area contributed by atoms with E-state index >= 15 is 0 Å². The van der Waals surface area contributed by atoms with Crippen LogP contribution in [0.1, 0.15) is 5.56 Å². The number of pyridine rings is 1. The fourth-order valence-corrected chi connectivity index (χ4v) is 1.99. The molecule has 0 amide bonds. The highest BCUT2D eigenvalue weighted by molar-refractivity contribution is 6.28. The summed E-state index contributed by atoms with van der Waals surface area (Å²) in [5.41, 5.74) is -0.113. The van der Waals surface area contributed by atoms with Gasteiger partial charge in [-0.25, -0.2) is 4.98 Å². The molecule has 0 aliphatic carbocycles.